The molecule has 1 N–H and O–H groups in total. The van der Waals surface area contributed by atoms with Gasteiger partial charge in [0, 0.05) is 17.6 Å². The molecule has 2 unspecified atom stereocenters. The van der Waals surface area contributed by atoms with Gasteiger partial charge < -0.3 is 10.2 Å². The Bertz CT molecular complexity index is 1440. The molecule has 0 spiro atoms. The largest absolute Gasteiger partial charge is 0.352 e. The molecule has 0 aliphatic heterocycles. The van der Waals surface area contributed by atoms with Gasteiger partial charge in [0.25, 0.3) is 10.0 Å². The van der Waals surface area contributed by atoms with E-state index in [1.54, 1.807) is 44.2 Å². The van der Waals surface area contributed by atoms with Gasteiger partial charge in [-0.2, -0.15) is 0 Å². The number of amides is 2. The summed E-state index contributed by atoms with van der Waals surface area (Å²) in [6, 6.07) is 18.2. The van der Waals surface area contributed by atoms with E-state index < -0.39 is 28.5 Å². The highest BCUT2D eigenvalue weighted by Crippen LogP contribution is 2.30. The number of carbonyl (C=O) groups is 2. The van der Waals surface area contributed by atoms with Gasteiger partial charge in [0.2, 0.25) is 11.8 Å². The molecule has 0 heterocycles. The lowest BCUT2D eigenvalue weighted by atomic mass is 10.1. The zero-order chi connectivity index (χ0) is 29.6. The maximum atomic E-state index is 14.0. The Morgan fingerprint density at radius 1 is 0.900 bits per heavy atom. The molecule has 3 rings (SSSR count). The number of hydrogen-bond donors (Lipinski definition) is 1. The molecule has 3 aromatic rings. The number of nitrogens with zero attached hydrogens (tertiary/aromatic N) is 2. The molecule has 7 nitrogen and oxygen atoms in total. The lowest BCUT2D eigenvalue weighted by Crippen LogP contribution is -2.52. The Labute approximate surface area is 243 Å². The Kier molecular flexibility index (Phi) is 10.4. The van der Waals surface area contributed by atoms with Crippen LogP contribution < -0.4 is 9.62 Å². The fourth-order valence-electron chi connectivity index (χ4n) is 4.14. The van der Waals surface area contributed by atoms with Gasteiger partial charge in [0.15, 0.2) is 0 Å². The van der Waals surface area contributed by atoms with E-state index in [9.17, 15) is 18.0 Å². The molecule has 0 saturated heterocycles. The summed E-state index contributed by atoms with van der Waals surface area (Å²) in [6.07, 6.45) is 0.737. The van der Waals surface area contributed by atoms with Crippen LogP contribution in [0.2, 0.25) is 5.02 Å². The Balaban J connectivity index is 2.06. The van der Waals surface area contributed by atoms with Gasteiger partial charge in [0.05, 0.1) is 10.6 Å². The Morgan fingerprint density at radius 2 is 1.48 bits per heavy atom. The van der Waals surface area contributed by atoms with Gasteiger partial charge in [-0.3, -0.25) is 13.9 Å². The first kappa shape index (κ1) is 31.2. The number of carbonyl (C=O) groups excluding carboxylic acids is 2. The van der Waals surface area contributed by atoms with E-state index in [1.807, 2.05) is 52.0 Å². The monoisotopic (exact) mass is 583 g/mol. The molecule has 2 amide bonds. The van der Waals surface area contributed by atoms with Crippen LogP contribution in [0.5, 0.6) is 0 Å². The molecule has 0 radical (unpaired) electrons. The molecule has 9 heteroatoms. The van der Waals surface area contributed by atoms with Crippen molar-refractivity contribution in [2.45, 2.75) is 71.5 Å². The maximum Gasteiger partial charge on any atom is 0.264 e. The third-order valence-corrected chi connectivity index (χ3v) is 8.98. The Hall–Kier alpha value is -3.36. The number of anilines is 1. The number of sulfonamides is 1. The van der Waals surface area contributed by atoms with Gasteiger partial charge in [0.1, 0.15) is 12.6 Å². The van der Waals surface area contributed by atoms with Crippen LogP contribution in [0.1, 0.15) is 49.4 Å². The third kappa shape index (κ3) is 7.64. The van der Waals surface area contributed by atoms with Crippen LogP contribution in [-0.4, -0.2) is 43.8 Å². The minimum atomic E-state index is -4.16. The minimum Gasteiger partial charge on any atom is -0.352 e. The minimum absolute atomic E-state index is 0.0536. The summed E-state index contributed by atoms with van der Waals surface area (Å²) in [5.74, 6) is -0.816. The molecule has 0 aliphatic rings. The average molecular weight is 584 g/mol. The highest BCUT2D eigenvalue weighted by atomic mass is 35.5. The van der Waals surface area contributed by atoms with Crippen LogP contribution in [0.4, 0.5) is 5.69 Å². The van der Waals surface area contributed by atoms with E-state index in [-0.39, 0.29) is 23.4 Å². The van der Waals surface area contributed by atoms with Crippen LogP contribution in [0.15, 0.2) is 71.6 Å². The molecular formula is C31H38ClN3O4S. The number of nitrogens with one attached hydrogen (secondary N) is 1. The van der Waals surface area contributed by atoms with E-state index in [0.29, 0.717) is 16.3 Å². The fraction of sp³-hybridized carbons (Fsp3) is 0.355. The summed E-state index contributed by atoms with van der Waals surface area (Å²) < 4.78 is 29.1. The van der Waals surface area contributed by atoms with Crippen molar-refractivity contribution < 1.29 is 18.0 Å². The standard InChI is InChI=1S/C31H38ClN3O4S/c1-7-24(5)33-31(37)25(6)34(19-26-13-8-21(2)9-14-26)30(36)20-35(29-18-27(32)15-12-23(29)4)40(38,39)28-16-10-22(3)11-17-28/h8-18,24-25H,7,19-20H2,1-6H3,(H,33,37). The molecule has 3 aromatic carbocycles. The predicted octanol–water partition coefficient (Wildman–Crippen LogP) is 5.79. The van der Waals surface area contributed by atoms with Crippen LogP contribution in [0.25, 0.3) is 0 Å². The van der Waals surface area contributed by atoms with Crippen LogP contribution in [0.3, 0.4) is 0 Å². The summed E-state index contributed by atoms with van der Waals surface area (Å²) in [7, 11) is -4.16. The van der Waals surface area contributed by atoms with Crippen LogP contribution >= 0.6 is 11.6 Å². The highest BCUT2D eigenvalue weighted by molar-refractivity contribution is 7.92. The van der Waals surface area contributed by atoms with Gasteiger partial charge in [-0.25, -0.2) is 8.42 Å². The van der Waals surface area contributed by atoms with Crippen molar-refractivity contribution >= 4 is 39.1 Å². The molecular weight excluding hydrogens is 546 g/mol. The Morgan fingerprint density at radius 3 is 2.05 bits per heavy atom. The van der Waals surface area contributed by atoms with Gasteiger partial charge in [-0.15, -0.1) is 0 Å². The normalized spacial score (nSPS) is 12.9. The molecule has 0 saturated carbocycles. The van der Waals surface area contributed by atoms with Crippen molar-refractivity contribution in [1.29, 1.82) is 0 Å². The van der Waals surface area contributed by atoms with E-state index in [1.165, 1.54) is 17.0 Å². The lowest BCUT2D eigenvalue weighted by Gasteiger charge is -2.33. The number of hydrogen-bond acceptors (Lipinski definition) is 4. The topological polar surface area (TPSA) is 86.8 Å². The average Bonchev–Trinajstić information content (AvgIpc) is 2.92. The zero-order valence-electron chi connectivity index (χ0n) is 23.9. The van der Waals surface area contributed by atoms with Crippen LogP contribution in [0, 0.1) is 20.8 Å². The van der Waals surface area contributed by atoms with Crippen molar-refractivity contribution in [2.75, 3.05) is 10.8 Å². The van der Waals surface area contributed by atoms with E-state index >= 15 is 0 Å². The summed E-state index contributed by atoms with van der Waals surface area (Å²) in [5, 5.41) is 3.28. The first-order chi connectivity index (χ1) is 18.8. The number of benzene rings is 3. The third-order valence-electron chi connectivity index (χ3n) is 6.97. The van der Waals surface area contributed by atoms with E-state index in [4.69, 9.17) is 11.6 Å². The predicted molar refractivity (Wildman–Crippen MR) is 161 cm³/mol. The molecule has 0 fully saturated rings. The highest BCUT2D eigenvalue weighted by Gasteiger charge is 2.33. The van der Waals surface area contributed by atoms with Crippen molar-refractivity contribution in [3.8, 4) is 0 Å². The summed E-state index contributed by atoms with van der Waals surface area (Å²) in [6.45, 7) is 10.8. The molecule has 214 valence electrons. The number of halogens is 1. The van der Waals surface area contributed by atoms with Crippen LogP contribution in [-0.2, 0) is 26.2 Å². The molecule has 0 bridgehead atoms. The summed E-state index contributed by atoms with van der Waals surface area (Å²) in [4.78, 5) is 28.7. The van der Waals surface area contributed by atoms with Crippen molar-refractivity contribution in [3.63, 3.8) is 0 Å². The van der Waals surface area contributed by atoms with E-state index in [0.717, 1.165) is 27.4 Å². The maximum absolute atomic E-state index is 14.0. The second-order valence-electron chi connectivity index (χ2n) is 10.3. The summed E-state index contributed by atoms with van der Waals surface area (Å²) >= 11 is 6.28. The van der Waals surface area contributed by atoms with Crippen molar-refractivity contribution in [3.05, 3.63) is 94.0 Å². The van der Waals surface area contributed by atoms with E-state index in [2.05, 4.69) is 5.32 Å². The SMILES string of the molecule is CCC(C)NC(=O)C(C)N(Cc1ccc(C)cc1)C(=O)CN(c1cc(Cl)ccc1C)S(=O)(=O)c1ccc(C)cc1. The number of rotatable bonds is 11. The number of aryl methyl sites for hydroxylation is 3. The fourth-order valence-corrected chi connectivity index (χ4v) is 5.78. The molecule has 2 atom stereocenters. The first-order valence-electron chi connectivity index (χ1n) is 13.3. The molecule has 0 aromatic heterocycles. The zero-order valence-corrected chi connectivity index (χ0v) is 25.5. The second-order valence-corrected chi connectivity index (χ2v) is 12.6. The van der Waals surface area contributed by atoms with Gasteiger partial charge in [-0.1, -0.05) is 72.1 Å². The lowest BCUT2D eigenvalue weighted by molar-refractivity contribution is -0.139. The van der Waals surface area contributed by atoms with Gasteiger partial charge >= 0.3 is 0 Å². The van der Waals surface area contributed by atoms with Gasteiger partial charge in [-0.05, 0) is 76.4 Å². The summed E-state index contributed by atoms with van der Waals surface area (Å²) in [5.41, 5.74) is 3.74. The quantitative estimate of drug-likeness (QED) is 0.309. The molecule has 40 heavy (non-hydrogen) atoms. The molecule has 0 aliphatic carbocycles. The van der Waals surface area contributed by atoms with Crippen molar-refractivity contribution in [1.82, 2.24) is 10.2 Å². The first-order valence-corrected chi connectivity index (χ1v) is 15.2. The van der Waals surface area contributed by atoms with Crippen molar-refractivity contribution in [2.24, 2.45) is 0 Å². The smallest absolute Gasteiger partial charge is 0.264 e. The second kappa shape index (κ2) is 13.3.